The first-order chi connectivity index (χ1) is 11.2. The highest BCUT2D eigenvalue weighted by Gasteiger charge is 2.21. The minimum atomic E-state index is -0.0794. The van der Waals surface area contributed by atoms with Crippen molar-refractivity contribution >= 4 is 27.5 Å². The number of nitrogens with one attached hydrogen (secondary N) is 1. The molecule has 0 bridgehead atoms. The van der Waals surface area contributed by atoms with Crippen LogP contribution in [0, 0.1) is 0 Å². The third-order valence-corrected chi connectivity index (χ3v) is 6.18. The fourth-order valence-electron chi connectivity index (χ4n) is 3.79. The number of nitrogens with zero attached hydrogens (tertiary/aromatic N) is 2. The summed E-state index contributed by atoms with van der Waals surface area (Å²) in [5.74, 6) is -0.0794. The Bertz CT molecular complexity index is 802. The van der Waals surface area contributed by atoms with Crippen LogP contribution in [0.15, 0.2) is 11.1 Å². The lowest BCUT2D eigenvalue weighted by Crippen LogP contribution is -2.37. The largest absolute Gasteiger partial charge is 0.352 e. The second kappa shape index (κ2) is 6.07. The maximum Gasteiger partial charge on any atom is 0.262 e. The molecule has 0 atom stereocenters. The van der Waals surface area contributed by atoms with Gasteiger partial charge in [-0.2, -0.15) is 0 Å². The van der Waals surface area contributed by atoms with Gasteiger partial charge in [-0.15, -0.1) is 11.3 Å². The number of hydrogen-bond acceptors (Lipinski definition) is 4. The average Bonchev–Trinajstić information content (AvgIpc) is 3.17. The summed E-state index contributed by atoms with van der Waals surface area (Å²) in [7, 11) is 0. The molecule has 2 aromatic rings. The van der Waals surface area contributed by atoms with Crippen LogP contribution in [0.1, 0.15) is 49.0 Å². The zero-order chi connectivity index (χ0) is 15.8. The summed E-state index contributed by atoms with van der Waals surface area (Å²) in [4.78, 5) is 31.5. The number of amides is 1. The summed E-state index contributed by atoms with van der Waals surface area (Å²) in [5.41, 5.74) is 1.12. The van der Waals surface area contributed by atoms with Gasteiger partial charge in [0.1, 0.15) is 11.4 Å². The minimum absolute atomic E-state index is 0.0593. The van der Waals surface area contributed by atoms with Gasteiger partial charge in [0.05, 0.1) is 11.7 Å². The van der Waals surface area contributed by atoms with E-state index in [1.165, 1.54) is 40.6 Å². The third-order valence-electron chi connectivity index (χ3n) is 4.98. The zero-order valence-corrected chi connectivity index (χ0v) is 14.0. The van der Waals surface area contributed by atoms with Crippen molar-refractivity contribution < 1.29 is 4.79 Å². The Morgan fingerprint density at radius 1 is 1.26 bits per heavy atom. The van der Waals surface area contributed by atoms with E-state index in [-0.39, 0.29) is 24.1 Å². The minimum Gasteiger partial charge on any atom is -0.352 e. The first kappa shape index (κ1) is 14.9. The molecule has 5 nitrogen and oxygen atoms in total. The molecular formula is C17H21N3O2S. The quantitative estimate of drug-likeness (QED) is 0.939. The number of rotatable bonds is 3. The highest BCUT2D eigenvalue weighted by molar-refractivity contribution is 7.18. The number of carbonyl (C=O) groups is 1. The topological polar surface area (TPSA) is 64.0 Å². The molecule has 2 heterocycles. The molecule has 0 spiro atoms. The van der Waals surface area contributed by atoms with Crippen LogP contribution >= 0.6 is 11.3 Å². The van der Waals surface area contributed by atoms with Crippen molar-refractivity contribution in [3.63, 3.8) is 0 Å². The summed E-state index contributed by atoms with van der Waals surface area (Å²) >= 11 is 1.64. The molecular weight excluding hydrogens is 310 g/mol. The molecule has 0 aromatic carbocycles. The van der Waals surface area contributed by atoms with Crippen LogP contribution < -0.4 is 10.9 Å². The Labute approximate surface area is 138 Å². The molecule has 0 unspecified atom stereocenters. The summed E-state index contributed by atoms with van der Waals surface area (Å²) < 4.78 is 1.47. The van der Waals surface area contributed by atoms with E-state index < -0.39 is 0 Å². The fourth-order valence-corrected chi connectivity index (χ4v) is 5.01. The van der Waals surface area contributed by atoms with Crippen molar-refractivity contribution in [2.75, 3.05) is 0 Å². The standard InChI is InChI=1S/C17H21N3O2S/c21-14(19-11-5-1-2-6-11)9-20-10-18-16-15(17(20)22)12-7-3-4-8-13(12)23-16/h10-11H,1-9H2,(H,19,21). The summed E-state index contributed by atoms with van der Waals surface area (Å²) in [6.07, 6.45) is 10.3. The molecule has 2 aliphatic carbocycles. The van der Waals surface area contributed by atoms with Gasteiger partial charge in [0.25, 0.3) is 5.56 Å². The Hall–Kier alpha value is -1.69. The van der Waals surface area contributed by atoms with Crippen LogP contribution in [0.3, 0.4) is 0 Å². The van der Waals surface area contributed by atoms with Crippen LogP contribution in [0.25, 0.3) is 10.2 Å². The van der Waals surface area contributed by atoms with Gasteiger partial charge >= 0.3 is 0 Å². The number of aryl methyl sites for hydroxylation is 2. The van der Waals surface area contributed by atoms with E-state index >= 15 is 0 Å². The van der Waals surface area contributed by atoms with Gasteiger partial charge < -0.3 is 5.32 Å². The third kappa shape index (κ3) is 2.80. The highest BCUT2D eigenvalue weighted by atomic mass is 32.1. The molecule has 2 aliphatic rings. The molecule has 1 fully saturated rings. The lowest BCUT2D eigenvalue weighted by molar-refractivity contribution is -0.122. The van der Waals surface area contributed by atoms with Crippen LogP contribution in [0.2, 0.25) is 0 Å². The predicted molar refractivity (Wildman–Crippen MR) is 90.9 cm³/mol. The number of fused-ring (bicyclic) bond motifs is 3. The fraction of sp³-hybridized carbons (Fsp3) is 0.588. The zero-order valence-electron chi connectivity index (χ0n) is 13.1. The lowest BCUT2D eigenvalue weighted by atomic mass is 9.97. The number of thiophene rings is 1. The monoisotopic (exact) mass is 331 g/mol. The smallest absolute Gasteiger partial charge is 0.262 e. The summed E-state index contributed by atoms with van der Waals surface area (Å²) in [6, 6.07) is 0.281. The Morgan fingerprint density at radius 3 is 2.87 bits per heavy atom. The maximum atomic E-state index is 12.8. The van der Waals surface area contributed by atoms with Crippen molar-refractivity contribution in [2.45, 2.75) is 64.0 Å². The molecule has 122 valence electrons. The first-order valence-electron chi connectivity index (χ1n) is 8.51. The molecule has 1 saturated carbocycles. The van der Waals surface area contributed by atoms with Gasteiger partial charge in [0, 0.05) is 10.9 Å². The van der Waals surface area contributed by atoms with Crippen LogP contribution in [0.5, 0.6) is 0 Å². The molecule has 23 heavy (non-hydrogen) atoms. The van der Waals surface area contributed by atoms with E-state index in [9.17, 15) is 9.59 Å². The van der Waals surface area contributed by atoms with E-state index in [4.69, 9.17) is 0 Å². The Kier molecular flexibility index (Phi) is 3.93. The van der Waals surface area contributed by atoms with Gasteiger partial charge in [-0.3, -0.25) is 14.2 Å². The number of aromatic nitrogens is 2. The lowest BCUT2D eigenvalue weighted by Gasteiger charge is -2.13. The van der Waals surface area contributed by atoms with Crippen LogP contribution in [-0.2, 0) is 24.2 Å². The molecule has 0 radical (unpaired) electrons. The second-order valence-corrected chi connectivity index (χ2v) is 7.70. The molecule has 0 aliphatic heterocycles. The molecule has 4 rings (SSSR count). The number of carbonyl (C=O) groups excluding carboxylic acids is 1. The SMILES string of the molecule is O=C(Cn1cnc2sc3c(c2c1=O)CCCC3)NC1CCCC1. The summed E-state index contributed by atoms with van der Waals surface area (Å²) in [6.45, 7) is 0.0723. The summed E-state index contributed by atoms with van der Waals surface area (Å²) in [5, 5.41) is 3.79. The molecule has 0 saturated heterocycles. The van der Waals surface area contributed by atoms with Crippen LogP contribution in [-0.4, -0.2) is 21.5 Å². The molecule has 6 heteroatoms. The van der Waals surface area contributed by atoms with E-state index in [1.807, 2.05) is 0 Å². The van der Waals surface area contributed by atoms with Crippen molar-refractivity contribution in [3.8, 4) is 0 Å². The van der Waals surface area contributed by atoms with E-state index in [0.29, 0.717) is 0 Å². The number of hydrogen-bond donors (Lipinski definition) is 1. The van der Waals surface area contributed by atoms with E-state index in [2.05, 4.69) is 10.3 Å². The van der Waals surface area contributed by atoms with E-state index in [1.54, 1.807) is 11.3 Å². The van der Waals surface area contributed by atoms with Gasteiger partial charge in [0.2, 0.25) is 5.91 Å². The van der Waals surface area contributed by atoms with Crippen molar-refractivity contribution in [1.29, 1.82) is 0 Å². The maximum absolute atomic E-state index is 12.8. The molecule has 1 N–H and O–H groups in total. The Morgan fingerprint density at radius 2 is 2.04 bits per heavy atom. The van der Waals surface area contributed by atoms with Crippen molar-refractivity contribution in [1.82, 2.24) is 14.9 Å². The first-order valence-corrected chi connectivity index (χ1v) is 9.33. The van der Waals surface area contributed by atoms with E-state index in [0.717, 1.165) is 42.3 Å². The average molecular weight is 331 g/mol. The second-order valence-electron chi connectivity index (χ2n) is 6.62. The van der Waals surface area contributed by atoms with Crippen molar-refractivity contribution in [2.24, 2.45) is 0 Å². The van der Waals surface area contributed by atoms with Crippen LogP contribution in [0.4, 0.5) is 0 Å². The van der Waals surface area contributed by atoms with Crippen molar-refractivity contribution in [3.05, 3.63) is 27.1 Å². The highest BCUT2D eigenvalue weighted by Crippen LogP contribution is 2.33. The normalized spacial score (nSPS) is 18.3. The van der Waals surface area contributed by atoms with Gasteiger partial charge in [-0.05, 0) is 44.1 Å². The van der Waals surface area contributed by atoms with Gasteiger partial charge in [-0.25, -0.2) is 4.98 Å². The van der Waals surface area contributed by atoms with Gasteiger partial charge in [0.15, 0.2) is 0 Å². The Balaban J connectivity index is 1.61. The molecule has 1 amide bonds. The van der Waals surface area contributed by atoms with Gasteiger partial charge in [-0.1, -0.05) is 12.8 Å². The predicted octanol–water partition coefficient (Wildman–Crippen LogP) is 2.40. The molecule has 2 aromatic heterocycles.